The van der Waals surface area contributed by atoms with Crippen LogP contribution in [-0.4, -0.2) is 12.2 Å². The average Bonchev–Trinajstić information content (AvgIpc) is 2.58. The molecule has 2 aromatic rings. The van der Waals surface area contributed by atoms with Gasteiger partial charge in [-0.15, -0.1) is 0 Å². The largest absolute Gasteiger partial charge is 0.489 e. The first-order valence-electron chi connectivity index (χ1n) is 8.57. The van der Waals surface area contributed by atoms with Crippen molar-refractivity contribution in [2.45, 2.75) is 52.7 Å². The predicted octanol–water partition coefficient (Wildman–Crippen LogP) is 4.87. The molecule has 0 amide bonds. The summed E-state index contributed by atoms with van der Waals surface area (Å²) < 4.78 is 11.8. The van der Waals surface area contributed by atoms with Gasteiger partial charge in [0, 0.05) is 0 Å². The molecule has 0 radical (unpaired) electrons. The molecule has 0 fully saturated rings. The lowest BCUT2D eigenvalue weighted by Gasteiger charge is -2.17. The van der Waals surface area contributed by atoms with E-state index in [0.717, 1.165) is 24.0 Å². The monoisotopic (exact) mass is 328 g/mol. The lowest BCUT2D eigenvalue weighted by atomic mass is 10.0. The zero-order chi connectivity index (χ0) is 17.7. The van der Waals surface area contributed by atoms with Crippen molar-refractivity contribution in [1.29, 1.82) is 0 Å². The molecular formula is C20H28N2O2. The Morgan fingerprint density at radius 3 is 1.46 bits per heavy atom. The van der Waals surface area contributed by atoms with Gasteiger partial charge < -0.3 is 20.9 Å². The third-order valence-electron chi connectivity index (χ3n) is 4.17. The molecule has 4 N–H and O–H groups in total. The Kier molecular flexibility index (Phi) is 5.96. The molecule has 2 atom stereocenters. The van der Waals surface area contributed by atoms with Crippen molar-refractivity contribution >= 4 is 11.4 Å². The van der Waals surface area contributed by atoms with Gasteiger partial charge in [0.05, 0.1) is 23.6 Å². The van der Waals surface area contributed by atoms with E-state index in [4.69, 9.17) is 20.9 Å². The van der Waals surface area contributed by atoms with Gasteiger partial charge in [-0.1, -0.05) is 26.0 Å². The van der Waals surface area contributed by atoms with Crippen molar-refractivity contribution in [3.63, 3.8) is 0 Å². The normalized spacial score (nSPS) is 13.3. The number of nitrogens with two attached hydrogens (primary N) is 2. The van der Waals surface area contributed by atoms with Crippen molar-refractivity contribution in [1.82, 2.24) is 0 Å². The van der Waals surface area contributed by atoms with Gasteiger partial charge in [0.1, 0.15) is 11.5 Å². The topological polar surface area (TPSA) is 70.5 Å². The van der Waals surface area contributed by atoms with E-state index in [1.165, 1.54) is 0 Å². The Morgan fingerprint density at radius 1 is 0.750 bits per heavy atom. The van der Waals surface area contributed by atoms with Crippen molar-refractivity contribution in [2.75, 3.05) is 11.5 Å². The molecule has 2 aromatic carbocycles. The van der Waals surface area contributed by atoms with Crippen LogP contribution in [0.2, 0.25) is 0 Å². The first-order chi connectivity index (χ1) is 11.4. The Morgan fingerprint density at radius 2 is 1.12 bits per heavy atom. The van der Waals surface area contributed by atoms with Crippen LogP contribution < -0.4 is 20.9 Å². The van der Waals surface area contributed by atoms with Gasteiger partial charge in [0.15, 0.2) is 0 Å². The van der Waals surface area contributed by atoms with Crippen LogP contribution in [0.15, 0.2) is 36.4 Å². The summed E-state index contributed by atoms with van der Waals surface area (Å²) in [5, 5.41) is 0. The van der Waals surface area contributed by atoms with Gasteiger partial charge in [-0.3, -0.25) is 0 Å². The van der Waals surface area contributed by atoms with Gasteiger partial charge in [-0.05, 0) is 62.1 Å². The standard InChI is InChI=1S/C20H28N2O2/c1-5-13(3)23-19-11-15(7-9-17(19)21)16-8-10-18(22)20(12-16)24-14(4)6-2/h7-14H,5-6,21-22H2,1-4H3. The Labute approximate surface area is 144 Å². The van der Waals surface area contributed by atoms with Gasteiger partial charge in [0.2, 0.25) is 0 Å². The molecule has 0 heterocycles. The molecule has 0 aliphatic carbocycles. The lowest BCUT2D eigenvalue weighted by molar-refractivity contribution is 0.218. The van der Waals surface area contributed by atoms with Crippen LogP contribution in [0.5, 0.6) is 11.5 Å². The van der Waals surface area contributed by atoms with Crippen LogP contribution in [0.3, 0.4) is 0 Å². The SMILES string of the molecule is CCC(C)Oc1cc(-c2ccc(N)c(OC(C)CC)c2)ccc1N. The van der Waals surface area contributed by atoms with Gasteiger partial charge >= 0.3 is 0 Å². The second kappa shape index (κ2) is 7.95. The van der Waals surface area contributed by atoms with Crippen LogP contribution in [0.1, 0.15) is 40.5 Å². The van der Waals surface area contributed by atoms with E-state index in [1.807, 2.05) is 50.2 Å². The summed E-state index contributed by atoms with van der Waals surface area (Å²) in [6.45, 7) is 8.24. The fraction of sp³-hybridized carbons (Fsp3) is 0.400. The first-order valence-corrected chi connectivity index (χ1v) is 8.57. The fourth-order valence-corrected chi connectivity index (χ4v) is 2.23. The molecule has 0 saturated heterocycles. The van der Waals surface area contributed by atoms with Gasteiger partial charge in [-0.25, -0.2) is 0 Å². The van der Waals surface area contributed by atoms with Gasteiger partial charge in [0.25, 0.3) is 0 Å². The Balaban J connectivity index is 2.34. The molecule has 0 aromatic heterocycles. The second-order valence-electron chi connectivity index (χ2n) is 6.18. The highest BCUT2D eigenvalue weighted by molar-refractivity contribution is 5.73. The minimum absolute atomic E-state index is 0.123. The van der Waals surface area contributed by atoms with Crippen LogP contribution in [-0.2, 0) is 0 Å². The molecule has 2 rings (SSSR count). The van der Waals surface area contributed by atoms with E-state index in [-0.39, 0.29) is 12.2 Å². The maximum absolute atomic E-state index is 6.04. The molecule has 24 heavy (non-hydrogen) atoms. The number of benzene rings is 2. The molecule has 0 bridgehead atoms. The maximum atomic E-state index is 6.04. The maximum Gasteiger partial charge on any atom is 0.143 e. The van der Waals surface area contributed by atoms with Crippen molar-refractivity contribution in [3.05, 3.63) is 36.4 Å². The highest BCUT2D eigenvalue weighted by Crippen LogP contribution is 2.34. The number of anilines is 2. The molecule has 4 heteroatoms. The zero-order valence-corrected chi connectivity index (χ0v) is 15.0. The Bertz CT molecular complexity index is 626. The Hall–Kier alpha value is -2.36. The molecule has 130 valence electrons. The number of rotatable bonds is 7. The zero-order valence-electron chi connectivity index (χ0n) is 15.0. The summed E-state index contributed by atoms with van der Waals surface area (Å²) in [4.78, 5) is 0. The highest BCUT2D eigenvalue weighted by Gasteiger charge is 2.11. The quantitative estimate of drug-likeness (QED) is 0.711. The summed E-state index contributed by atoms with van der Waals surface area (Å²) >= 11 is 0. The van der Waals surface area contributed by atoms with E-state index in [0.29, 0.717) is 22.9 Å². The van der Waals surface area contributed by atoms with Crippen molar-refractivity contribution < 1.29 is 9.47 Å². The van der Waals surface area contributed by atoms with Crippen LogP contribution in [0.25, 0.3) is 11.1 Å². The second-order valence-corrected chi connectivity index (χ2v) is 6.18. The smallest absolute Gasteiger partial charge is 0.143 e. The minimum Gasteiger partial charge on any atom is -0.489 e. The third kappa shape index (κ3) is 4.34. The highest BCUT2D eigenvalue weighted by atomic mass is 16.5. The molecule has 0 spiro atoms. The van der Waals surface area contributed by atoms with Crippen LogP contribution >= 0.6 is 0 Å². The number of hydrogen-bond acceptors (Lipinski definition) is 4. The first kappa shape index (κ1) is 18.0. The molecule has 0 saturated carbocycles. The lowest BCUT2D eigenvalue weighted by Crippen LogP contribution is -2.11. The van der Waals surface area contributed by atoms with E-state index < -0.39 is 0 Å². The van der Waals surface area contributed by atoms with E-state index in [2.05, 4.69) is 13.8 Å². The van der Waals surface area contributed by atoms with E-state index in [9.17, 15) is 0 Å². The van der Waals surface area contributed by atoms with Crippen LogP contribution in [0, 0.1) is 0 Å². The van der Waals surface area contributed by atoms with E-state index in [1.54, 1.807) is 0 Å². The number of nitrogen functional groups attached to an aromatic ring is 2. The molecule has 0 aliphatic heterocycles. The van der Waals surface area contributed by atoms with E-state index >= 15 is 0 Å². The molecular weight excluding hydrogens is 300 g/mol. The van der Waals surface area contributed by atoms with Crippen molar-refractivity contribution in [3.8, 4) is 22.6 Å². The molecule has 4 nitrogen and oxygen atoms in total. The van der Waals surface area contributed by atoms with Crippen molar-refractivity contribution in [2.24, 2.45) is 0 Å². The van der Waals surface area contributed by atoms with Gasteiger partial charge in [-0.2, -0.15) is 0 Å². The molecule has 0 aliphatic rings. The summed E-state index contributed by atoms with van der Waals surface area (Å²) in [5.74, 6) is 1.42. The summed E-state index contributed by atoms with van der Waals surface area (Å²) in [7, 11) is 0. The number of ether oxygens (including phenoxy) is 2. The average molecular weight is 328 g/mol. The minimum atomic E-state index is 0.123. The summed E-state index contributed by atoms with van der Waals surface area (Å²) in [6, 6.07) is 11.7. The summed E-state index contributed by atoms with van der Waals surface area (Å²) in [5.41, 5.74) is 15.4. The van der Waals surface area contributed by atoms with Crippen LogP contribution in [0.4, 0.5) is 11.4 Å². The third-order valence-corrected chi connectivity index (χ3v) is 4.17. The summed E-state index contributed by atoms with van der Waals surface area (Å²) in [6.07, 6.45) is 2.10. The molecule has 2 unspecified atom stereocenters. The predicted molar refractivity (Wildman–Crippen MR) is 101 cm³/mol. The number of hydrogen-bond donors (Lipinski definition) is 2. The fourth-order valence-electron chi connectivity index (χ4n) is 2.23.